The van der Waals surface area contributed by atoms with Gasteiger partial charge in [-0.25, -0.2) is 0 Å². The third-order valence-electron chi connectivity index (χ3n) is 13.1. The molecule has 0 aromatic heterocycles. The van der Waals surface area contributed by atoms with Crippen LogP contribution in [0.5, 0.6) is 0 Å². The van der Waals surface area contributed by atoms with Crippen LogP contribution in [-0.2, 0) is 5.41 Å². The highest BCUT2D eigenvalue weighted by molar-refractivity contribution is 6.05. The number of para-hydroxylation sites is 1. The van der Waals surface area contributed by atoms with Crippen LogP contribution in [0, 0.1) is 0 Å². The van der Waals surface area contributed by atoms with Gasteiger partial charge in [0.2, 0.25) is 0 Å². The number of benzene rings is 10. The number of anilines is 3. The predicted octanol–water partition coefficient (Wildman–Crippen LogP) is 16.2. The minimum Gasteiger partial charge on any atom is -0.309 e. The topological polar surface area (TPSA) is 3.24 Å². The second kappa shape index (κ2) is 14.6. The molecule has 1 atom stereocenters. The molecule has 62 heavy (non-hydrogen) atoms. The lowest BCUT2D eigenvalue weighted by atomic mass is 9.70. The van der Waals surface area contributed by atoms with Crippen LogP contribution in [0.15, 0.2) is 249 Å². The molecule has 2 aliphatic rings. The Labute approximate surface area is 363 Å². The van der Waals surface area contributed by atoms with Gasteiger partial charge in [0, 0.05) is 16.8 Å². The van der Waals surface area contributed by atoms with E-state index in [0.29, 0.717) is 0 Å². The first-order chi connectivity index (χ1) is 30.8. The summed E-state index contributed by atoms with van der Waals surface area (Å²) in [7, 11) is 0. The first kappa shape index (κ1) is 35.9. The van der Waals surface area contributed by atoms with Gasteiger partial charge in [0.15, 0.2) is 0 Å². The summed E-state index contributed by atoms with van der Waals surface area (Å²) in [5.41, 5.74) is 22.8. The molecule has 0 saturated carbocycles. The van der Waals surface area contributed by atoms with Gasteiger partial charge in [0.25, 0.3) is 0 Å². The molecular weight excluding hydrogens is 747 g/mol. The number of hydrogen-bond donors (Lipinski definition) is 0. The normalized spacial score (nSPS) is 14.2. The van der Waals surface area contributed by atoms with Crippen LogP contribution in [0.2, 0.25) is 0 Å². The summed E-state index contributed by atoms with van der Waals surface area (Å²) in [6, 6.07) is 91.6. The van der Waals surface area contributed by atoms with Crippen LogP contribution in [-0.4, -0.2) is 0 Å². The first-order valence-corrected chi connectivity index (χ1v) is 21.5. The molecule has 10 aromatic rings. The molecular formula is C61H41N. The third-order valence-corrected chi connectivity index (χ3v) is 13.1. The molecule has 1 unspecified atom stereocenters. The molecule has 12 rings (SSSR count). The Bertz CT molecular complexity index is 3260. The van der Waals surface area contributed by atoms with E-state index in [9.17, 15) is 0 Å². The second-order valence-corrected chi connectivity index (χ2v) is 16.3. The summed E-state index contributed by atoms with van der Waals surface area (Å²) in [5.74, 6) is 0. The van der Waals surface area contributed by atoms with Crippen molar-refractivity contribution in [3.05, 3.63) is 271 Å². The molecule has 1 nitrogen and oxygen atoms in total. The van der Waals surface area contributed by atoms with Crippen molar-refractivity contribution >= 4 is 17.1 Å². The summed E-state index contributed by atoms with van der Waals surface area (Å²) in [6.45, 7) is 0. The fourth-order valence-electron chi connectivity index (χ4n) is 10.5. The van der Waals surface area contributed by atoms with E-state index in [1.807, 2.05) is 0 Å². The fraction of sp³-hybridized carbons (Fsp3) is 0.0164. The van der Waals surface area contributed by atoms with Gasteiger partial charge in [0.1, 0.15) is 0 Å². The lowest BCUT2D eigenvalue weighted by Gasteiger charge is -2.32. The monoisotopic (exact) mass is 787 g/mol. The average molecular weight is 788 g/mol. The predicted molar refractivity (Wildman–Crippen MR) is 259 cm³/mol. The van der Waals surface area contributed by atoms with Crippen molar-refractivity contribution in [3.8, 4) is 66.8 Å². The van der Waals surface area contributed by atoms with E-state index in [1.54, 1.807) is 0 Å². The molecule has 1 heteroatoms. The lowest BCUT2D eigenvalue weighted by Crippen LogP contribution is -2.26. The second-order valence-electron chi connectivity index (χ2n) is 16.3. The number of rotatable bonds is 7. The zero-order valence-corrected chi connectivity index (χ0v) is 34.1. The highest BCUT2D eigenvalue weighted by atomic mass is 15.1. The fourth-order valence-corrected chi connectivity index (χ4v) is 10.5. The minimum atomic E-state index is -0.566. The minimum absolute atomic E-state index is 0.566. The summed E-state index contributed by atoms with van der Waals surface area (Å²) in [4.78, 5) is 2.51. The van der Waals surface area contributed by atoms with Gasteiger partial charge >= 0.3 is 0 Å². The molecule has 290 valence electrons. The van der Waals surface area contributed by atoms with Gasteiger partial charge in [-0.1, -0.05) is 218 Å². The van der Waals surface area contributed by atoms with Crippen molar-refractivity contribution in [2.45, 2.75) is 5.41 Å². The van der Waals surface area contributed by atoms with Gasteiger partial charge in [-0.3, -0.25) is 0 Å². The number of fused-ring (bicyclic) bond motifs is 10. The molecule has 0 aliphatic heterocycles. The van der Waals surface area contributed by atoms with Crippen LogP contribution >= 0.6 is 0 Å². The molecule has 2 aliphatic carbocycles. The van der Waals surface area contributed by atoms with Crippen LogP contribution in [0.3, 0.4) is 0 Å². The highest BCUT2D eigenvalue weighted by Crippen LogP contribution is 2.66. The Balaban J connectivity index is 1.17. The Morgan fingerprint density at radius 3 is 1.35 bits per heavy atom. The van der Waals surface area contributed by atoms with Crippen LogP contribution in [0.4, 0.5) is 17.1 Å². The molecule has 1 spiro atoms. The van der Waals surface area contributed by atoms with E-state index in [-0.39, 0.29) is 0 Å². The van der Waals surface area contributed by atoms with E-state index in [2.05, 4.69) is 254 Å². The quantitative estimate of drug-likeness (QED) is 0.155. The lowest BCUT2D eigenvalue weighted by molar-refractivity contribution is 0.794. The van der Waals surface area contributed by atoms with Gasteiger partial charge in [-0.05, 0) is 108 Å². The van der Waals surface area contributed by atoms with Gasteiger partial charge in [-0.2, -0.15) is 0 Å². The molecule has 0 N–H and O–H groups in total. The van der Waals surface area contributed by atoms with E-state index in [1.165, 1.54) is 89.0 Å². The third kappa shape index (κ3) is 5.49. The standard InChI is InChI=1S/C61H41N/c1-5-19-42(20-6-1)44-35-38-48(39-36-44)62(57-33-16-14-27-49(57)45-23-9-3-10-24-45)58-34-18-32-55-60(58)52-40-37-47(43-21-7-2-8-22-43)41-56(52)61(55)53-30-15-13-28-51(53)59-50(29-17-31-54(59)61)46-25-11-4-12-26-46/h1-41H. The molecule has 0 saturated heterocycles. The molecule has 0 fully saturated rings. The largest absolute Gasteiger partial charge is 0.309 e. The maximum Gasteiger partial charge on any atom is 0.0726 e. The first-order valence-electron chi connectivity index (χ1n) is 21.5. The number of hydrogen-bond acceptors (Lipinski definition) is 1. The van der Waals surface area contributed by atoms with Crippen molar-refractivity contribution in [2.24, 2.45) is 0 Å². The van der Waals surface area contributed by atoms with Crippen molar-refractivity contribution in [3.63, 3.8) is 0 Å². The van der Waals surface area contributed by atoms with Crippen LogP contribution in [0.1, 0.15) is 22.3 Å². The zero-order valence-electron chi connectivity index (χ0n) is 34.1. The molecule has 10 aromatic carbocycles. The Morgan fingerprint density at radius 1 is 0.242 bits per heavy atom. The molecule has 0 amide bonds. The highest BCUT2D eigenvalue weighted by Gasteiger charge is 2.53. The average Bonchev–Trinajstić information content (AvgIpc) is 3.83. The van der Waals surface area contributed by atoms with E-state index in [0.717, 1.165) is 17.1 Å². The SMILES string of the molecule is c1ccc(-c2ccc(N(c3ccccc3-c3ccccc3)c3cccc4c3-c3ccc(-c5ccccc5)cc3C43c4ccccc4-c4c(-c5ccccc5)cccc43)cc2)cc1. The van der Waals surface area contributed by atoms with Crippen molar-refractivity contribution < 1.29 is 0 Å². The van der Waals surface area contributed by atoms with Gasteiger partial charge < -0.3 is 4.90 Å². The Morgan fingerprint density at radius 2 is 0.677 bits per heavy atom. The van der Waals surface area contributed by atoms with Crippen molar-refractivity contribution in [2.75, 3.05) is 4.90 Å². The summed E-state index contributed by atoms with van der Waals surface area (Å²) in [6.07, 6.45) is 0. The molecule has 0 bridgehead atoms. The van der Waals surface area contributed by atoms with Gasteiger partial charge in [-0.15, -0.1) is 0 Å². The molecule has 0 radical (unpaired) electrons. The number of nitrogens with zero attached hydrogens (tertiary/aromatic N) is 1. The summed E-state index contributed by atoms with van der Waals surface area (Å²) >= 11 is 0. The summed E-state index contributed by atoms with van der Waals surface area (Å²) < 4.78 is 0. The van der Waals surface area contributed by atoms with Crippen LogP contribution < -0.4 is 4.90 Å². The Hall–Kier alpha value is -8.00. The van der Waals surface area contributed by atoms with Crippen molar-refractivity contribution in [1.29, 1.82) is 0 Å². The van der Waals surface area contributed by atoms with E-state index in [4.69, 9.17) is 0 Å². The Kier molecular flexibility index (Phi) is 8.47. The smallest absolute Gasteiger partial charge is 0.0726 e. The maximum absolute atomic E-state index is 2.51. The van der Waals surface area contributed by atoms with Crippen molar-refractivity contribution in [1.82, 2.24) is 0 Å². The van der Waals surface area contributed by atoms with E-state index >= 15 is 0 Å². The van der Waals surface area contributed by atoms with Gasteiger partial charge in [0.05, 0.1) is 16.8 Å². The zero-order chi connectivity index (χ0) is 41.0. The van der Waals surface area contributed by atoms with Crippen LogP contribution in [0.25, 0.3) is 66.8 Å². The van der Waals surface area contributed by atoms with E-state index < -0.39 is 5.41 Å². The molecule has 0 heterocycles. The summed E-state index contributed by atoms with van der Waals surface area (Å²) in [5, 5.41) is 0. The maximum atomic E-state index is 2.51.